The first-order valence-corrected chi connectivity index (χ1v) is 12.7. The normalized spacial score (nSPS) is 24.7. The molecule has 2 saturated heterocycles. The number of hydrogen-bond acceptors (Lipinski definition) is 4. The van der Waals surface area contributed by atoms with Crippen LogP contribution < -0.4 is 0 Å². The fourth-order valence-electron chi connectivity index (χ4n) is 4.66. The van der Waals surface area contributed by atoms with Gasteiger partial charge < -0.3 is 4.74 Å². The predicted octanol–water partition coefficient (Wildman–Crippen LogP) is 4.74. The second-order valence-electron chi connectivity index (χ2n) is 8.80. The van der Waals surface area contributed by atoms with Crippen molar-refractivity contribution >= 4 is 15.8 Å². The van der Waals surface area contributed by atoms with Gasteiger partial charge in [0.2, 0.25) is 10.0 Å². The van der Waals surface area contributed by atoms with Crippen molar-refractivity contribution in [1.29, 1.82) is 0 Å². The first-order valence-electron chi connectivity index (χ1n) is 11.2. The SMILES string of the molecule is C[C@H]1CCC(c2ccccc2)S(=O)(=O)N1Cc1ccc(C(=O)CC2CCOCC2)cc1. The Hall–Kier alpha value is -2.02. The molecule has 0 bridgehead atoms. The van der Waals surface area contributed by atoms with Gasteiger partial charge in [-0.15, -0.1) is 0 Å². The van der Waals surface area contributed by atoms with Gasteiger partial charge in [0.1, 0.15) is 5.25 Å². The number of sulfonamides is 1. The van der Waals surface area contributed by atoms with Crippen molar-refractivity contribution in [2.45, 2.75) is 56.9 Å². The first-order chi connectivity index (χ1) is 14.9. The molecule has 0 saturated carbocycles. The number of ether oxygens (including phenoxy) is 1. The van der Waals surface area contributed by atoms with E-state index in [1.54, 1.807) is 4.31 Å². The molecule has 0 spiro atoms. The summed E-state index contributed by atoms with van der Waals surface area (Å²) in [4.78, 5) is 12.6. The highest BCUT2D eigenvalue weighted by Gasteiger charge is 2.40. The molecule has 5 nitrogen and oxygen atoms in total. The summed E-state index contributed by atoms with van der Waals surface area (Å²) in [6.45, 7) is 3.79. The summed E-state index contributed by atoms with van der Waals surface area (Å²) in [6.07, 6.45) is 3.91. The van der Waals surface area contributed by atoms with Crippen molar-refractivity contribution in [3.63, 3.8) is 0 Å². The van der Waals surface area contributed by atoms with Crippen LogP contribution >= 0.6 is 0 Å². The standard InChI is InChI=1S/C25H31NO4S/c1-19-7-12-25(23-5-3-2-4-6-23)31(28,29)26(19)18-21-8-10-22(11-9-21)24(27)17-20-13-15-30-16-14-20/h2-6,8-11,19-20,25H,7,12-18H2,1H3/t19-,25?/m0/s1. The third-order valence-electron chi connectivity index (χ3n) is 6.63. The van der Waals surface area contributed by atoms with Gasteiger partial charge in [-0.1, -0.05) is 54.6 Å². The van der Waals surface area contributed by atoms with Crippen LogP contribution in [0.25, 0.3) is 0 Å². The largest absolute Gasteiger partial charge is 0.381 e. The number of hydrogen-bond donors (Lipinski definition) is 0. The monoisotopic (exact) mass is 441 g/mol. The lowest BCUT2D eigenvalue weighted by molar-refractivity contribution is 0.0601. The zero-order valence-corrected chi connectivity index (χ0v) is 18.9. The zero-order chi connectivity index (χ0) is 21.8. The van der Waals surface area contributed by atoms with E-state index in [9.17, 15) is 13.2 Å². The summed E-state index contributed by atoms with van der Waals surface area (Å²) in [5.41, 5.74) is 2.46. The van der Waals surface area contributed by atoms with Crippen LogP contribution in [-0.2, 0) is 21.3 Å². The van der Waals surface area contributed by atoms with Gasteiger partial charge in [-0.2, -0.15) is 4.31 Å². The maximum absolute atomic E-state index is 13.4. The molecule has 2 fully saturated rings. The number of carbonyl (C=O) groups is 1. The topological polar surface area (TPSA) is 63.7 Å². The van der Waals surface area contributed by atoms with Crippen LogP contribution in [0.2, 0.25) is 0 Å². The molecule has 0 radical (unpaired) electrons. The molecule has 2 aromatic carbocycles. The van der Waals surface area contributed by atoms with Crippen molar-refractivity contribution in [3.8, 4) is 0 Å². The van der Waals surface area contributed by atoms with Crippen LogP contribution in [0, 0.1) is 5.92 Å². The molecule has 31 heavy (non-hydrogen) atoms. The van der Waals surface area contributed by atoms with Crippen LogP contribution in [0.5, 0.6) is 0 Å². The number of Topliss-reactive ketones (excluding diaryl/α,β-unsaturated/α-hetero) is 1. The maximum Gasteiger partial charge on any atom is 0.221 e. The van der Waals surface area contributed by atoms with Crippen LogP contribution in [0.1, 0.15) is 65.8 Å². The molecule has 2 aliphatic rings. The Kier molecular flexibility index (Phi) is 6.89. The van der Waals surface area contributed by atoms with Gasteiger partial charge in [-0.25, -0.2) is 8.42 Å². The molecular formula is C25H31NO4S. The van der Waals surface area contributed by atoms with E-state index < -0.39 is 15.3 Å². The molecule has 0 N–H and O–H groups in total. The van der Waals surface area contributed by atoms with Crippen LogP contribution in [0.4, 0.5) is 0 Å². The van der Waals surface area contributed by atoms with E-state index in [4.69, 9.17) is 4.74 Å². The minimum absolute atomic E-state index is 0.0419. The molecule has 0 amide bonds. The highest BCUT2D eigenvalue weighted by molar-refractivity contribution is 7.89. The molecule has 2 aliphatic heterocycles. The summed E-state index contributed by atoms with van der Waals surface area (Å²) < 4.78 is 33.8. The molecule has 6 heteroatoms. The highest BCUT2D eigenvalue weighted by Crippen LogP contribution is 2.38. The second kappa shape index (κ2) is 9.63. The molecule has 1 unspecified atom stereocenters. The predicted molar refractivity (Wildman–Crippen MR) is 121 cm³/mol. The van der Waals surface area contributed by atoms with Gasteiger partial charge in [-0.05, 0) is 49.7 Å². The number of nitrogens with zero attached hydrogens (tertiary/aromatic N) is 1. The number of benzene rings is 2. The summed E-state index contributed by atoms with van der Waals surface area (Å²) in [5, 5.41) is -0.495. The van der Waals surface area contributed by atoms with Crippen molar-refractivity contribution in [1.82, 2.24) is 4.31 Å². The van der Waals surface area contributed by atoms with Gasteiger partial charge >= 0.3 is 0 Å². The van der Waals surface area contributed by atoms with Crippen LogP contribution in [0.3, 0.4) is 0 Å². The van der Waals surface area contributed by atoms with E-state index in [2.05, 4.69) is 0 Å². The van der Waals surface area contributed by atoms with E-state index in [-0.39, 0.29) is 11.8 Å². The Balaban J connectivity index is 1.45. The average Bonchev–Trinajstić information content (AvgIpc) is 2.78. The minimum atomic E-state index is -3.46. The Morgan fingerprint density at radius 1 is 0.968 bits per heavy atom. The number of ketones is 1. The summed E-state index contributed by atoms with van der Waals surface area (Å²) in [5.74, 6) is 0.553. The van der Waals surface area contributed by atoms with Crippen molar-refractivity contribution in [2.24, 2.45) is 5.92 Å². The Morgan fingerprint density at radius 2 is 1.65 bits per heavy atom. The zero-order valence-electron chi connectivity index (χ0n) is 18.1. The summed E-state index contributed by atoms with van der Waals surface area (Å²) in [6, 6.07) is 16.9. The van der Waals surface area contributed by atoms with E-state index in [0.717, 1.165) is 43.6 Å². The van der Waals surface area contributed by atoms with Gasteiger partial charge in [0.25, 0.3) is 0 Å². The Morgan fingerprint density at radius 3 is 2.32 bits per heavy atom. The first kappa shape index (κ1) is 22.2. The lowest BCUT2D eigenvalue weighted by Crippen LogP contribution is -2.44. The second-order valence-corrected chi connectivity index (χ2v) is 10.9. The highest BCUT2D eigenvalue weighted by atomic mass is 32.2. The van der Waals surface area contributed by atoms with Gasteiger partial charge in [0.15, 0.2) is 5.78 Å². The number of rotatable bonds is 6. The Labute approximate surface area is 185 Å². The molecule has 4 rings (SSSR count). The van der Waals surface area contributed by atoms with E-state index in [1.807, 2.05) is 61.5 Å². The van der Waals surface area contributed by atoms with E-state index in [1.165, 1.54) is 0 Å². The number of carbonyl (C=O) groups excluding carboxylic acids is 1. The minimum Gasteiger partial charge on any atom is -0.381 e. The van der Waals surface area contributed by atoms with Crippen LogP contribution in [0.15, 0.2) is 54.6 Å². The lowest BCUT2D eigenvalue weighted by Gasteiger charge is -2.37. The Bertz CT molecular complexity index is 982. The molecular weight excluding hydrogens is 410 g/mol. The van der Waals surface area contributed by atoms with Crippen molar-refractivity contribution in [3.05, 3.63) is 71.3 Å². The summed E-state index contributed by atoms with van der Waals surface area (Å²) in [7, 11) is -3.46. The van der Waals surface area contributed by atoms with Crippen LogP contribution in [-0.4, -0.2) is 37.8 Å². The maximum atomic E-state index is 13.4. The van der Waals surface area contributed by atoms with Crippen molar-refractivity contribution < 1.29 is 17.9 Å². The average molecular weight is 442 g/mol. The van der Waals surface area contributed by atoms with E-state index >= 15 is 0 Å². The molecule has 2 atom stereocenters. The van der Waals surface area contributed by atoms with Gasteiger partial charge in [0.05, 0.1) is 0 Å². The smallest absolute Gasteiger partial charge is 0.221 e. The van der Waals surface area contributed by atoms with E-state index in [0.29, 0.717) is 30.9 Å². The third-order valence-corrected chi connectivity index (χ3v) is 8.99. The molecule has 2 heterocycles. The van der Waals surface area contributed by atoms with Gasteiger partial charge in [-0.3, -0.25) is 4.79 Å². The molecule has 0 aromatic heterocycles. The van der Waals surface area contributed by atoms with Crippen molar-refractivity contribution in [2.75, 3.05) is 13.2 Å². The fourth-order valence-corrected chi connectivity index (χ4v) is 6.86. The molecule has 0 aliphatic carbocycles. The quantitative estimate of drug-likeness (QED) is 0.608. The molecule has 166 valence electrons. The fraction of sp³-hybridized carbons (Fsp3) is 0.480. The lowest BCUT2D eigenvalue weighted by atomic mass is 9.92. The molecule has 2 aromatic rings. The third kappa shape index (κ3) is 5.08. The van der Waals surface area contributed by atoms with Gasteiger partial charge in [0, 0.05) is 37.8 Å². The summed E-state index contributed by atoms with van der Waals surface area (Å²) >= 11 is 0.